The van der Waals surface area contributed by atoms with Crippen LogP contribution in [0.15, 0.2) is 0 Å². The zero-order chi connectivity index (χ0) is 6.41. The van der Waals surface area contributed by atoms with E-state index in [1.807, 2.05) is 0 Å². The van der Waals surface area contributed by atoms with Crippen LogP contribution < -0.4 is 0 Å². The number of rotatable bonds is 4. The first kappa shape index (κ1) is 7.82. The molecule has 0 saturated heterocycles. The van der Waals surface area contributed by atoms with Crippen LogP contribution >= 0.6 is 0 Å². The maximum absolute atomic E-state index is 11.6. The Labute approximate surface area is 47.6 Å². The third kappa shape index (κ3) is 2.91. The van der Waals surface area contributed by atoms with Crippen LogP contribution in [0, 0.1) is 0 Å². The maximum atomic E-state index is 11.6. The Morgan fingerprint density at radius 1 is 1.50 bits per heavy atom. The van der Waals surface area contributed by atoms with Crippen LogP contribution in [0.2, 0.25) is 0 Å². The van der Waals surface area contributed by atoms with Gasteiger partial charge in [0.15, 0.2) is 6.86 Å². The van der Waals surface area contributed by atoms with Crippen LogP contribution in [-0.2, 0) is 4.74 Å². The Hall–Kier alpha value is -0.180. The molecule has 0 bridgehead atoms. The second kappa shape index (κ2) is 4.97. The summed E-state index contributed by atoms with van der Waals surface area (Å²) in [5.74, 6) is 0. The van der Waals surface area contributed by atoms with Crippen molar-refractivity contribution in [3.8, 4) is 0 Å². The first-order valence-electron chi connectivity index (χ1n) is 2.58. The highest BCUT2D eigenvalue weighted by molar-refractivity contribution is 4.48. The van der Waals surface area contributed by atoms with Crippen LogP contribution in [0.3, 0.4) is 0 Å². The fourth-order valence-corrected chi connectivity index (χ4v) is 0.361. The van der Waals surface area contributed by atoms with E-state index in [9.17, 15) is 8.78 Å². The molecule has 0 aliphatic carbocycles. The van der Waals surface area contributed by atoms with E-state index in [-0.39, 0.29) is 0 Å². The van der Waals surface area contributed by atoms with Crippen molar-refractivity contribution in [1.29, 1.82) is 0 Å². The van der Waals surface area contributed by atoms with Crippen molar-refractivity contribution in [3.63, 3.8) is 0 Å². The minimum absolute atomic E-state index is 0.528. The van der Waals surface area contributed by atoms with Gasteiger partial charge < -0.3 is 4.74 Å². The summed E-state index contributed by atoms with van der Waals surface area (Å²) in [5.41, 5.74) is 0. The average molecular weight is 124 g/mol. The zero-order valence-electron chi connectivity index (χ0n) is 4.86. The summed E-state index contributed by atoms with van der Waals surface area (Å²) in [5, 5.41) is 0. The summed E-state index contributed by atoms with van der Waals surface area (Å²) < 4.78 is 27.1. The lowest BCUT2D eigenvalue weighted by Gasteiger charge is -2.06. The molecule has 3 heteroatoms. The summed E-state index contributed by atoms with van der Waals surface area (Å²) in [4.78, 5) is 0. The Morgan fingerprint density at radius 3 is 2.25 bits per heavy atom. The van der Waals surface area contributed by atoms with Gasteiger partial charge in [0.25, 0.3) is 0 Å². The molecule has 0 heterocycles. The van der Waals surface area contributed by atoms with Gasteiger partial charge in [-0.3, -0.25) is 0 Å². The van der Waals surface area contributed by atoms with Crippen molar-refractivity contribution in [1.82, 2.24) is 0 Å². The molecule has 0 aromatic carbocycles. The predicted molar refractivity (Wildman–Crippen MR) is 27.1 cm³/mol. The topological polar surface area (TPSA) is 9.23 Å². The highest BCUT2D eigenvalue weighted by atomic mass is 19.1. The van der Waals surface area contributed by atoms with Crippen molar-refractivity contribution in [2.75, 3.05) is 13.5 Å². The molecule has 1 atom stereocenters. The molecule has 0 spiro atoms. The summed E-state index contributed by atoms with van der Waals surface area (Å²) in [6.07, 6.45) is -0.0135. The molecule has 0 aliphatic heterocycles. The van der Waals surface area contributed by atoms with E-state index in [0.29, 0.717) is 6.42 Å². The molecule has 0 rings (SSSR count). The van der Waals surface area contributed by atoms with E-state index in [0.717, 1.165) is 0 Å². The highest BCUT2D eigenvalue weighted by Gasteiger charge is 2.02. The van der Waals surface area contributed by atoms with Gasteiger partial charge in [-0.05, 0) is 6.42 Å². The normalized spacial score (nSPS) is 13.9. The fourth-order valence-electron chi connectivity index (χ4n) is 0.361. The number of halogens is 2. The van der Waals surface area contributed by atoms with Crippen LogP contribution in [0.1, 0.15) is 13.3 Å². The minimum atomic E-state index is -0.886. The van der Waals surface area contributed by atoms with E-state index in [2.05, 4.69) is 4.74 Å². The molecule has 0 amide bonds. The molecule has 50 valence electrons. The molecule has 1 nitrogen and oxygen atoms in total. The van der Waals surface area contributed by atoms with Gasteiger partial charge in [-0.15, -0.1) is 0 Å². The lowest BCUT2D eigenvalue weighted by Crippen LogP contribution is -2.12. The van der Waals surface area contributed by atoms with E-state index in [1.54, 1.807) is 6.92 Å². The summed E-state index contributed by atoms with van der Waals surface area (Å²) in [7, 11) is 0. The fraction of sp³-hybridized carbons (Fsp3) is 1.00. The minimum Gasteiger partial charge on any atom is -0.345 e. The first-order chi connectivity index (χ1) is 3.85. The van der Waals surface area contributed by atoms with Crippen molar-refractivity contribution < 1.29 is 13.5 Å². The monoisotopic (exact) mass is 124 g/mol. The van der Waals surface area contributed by atoms with Gasteiger partial charge in [-0.1, -0.05) is 6.92 Å². The van der Waals surface area contributed by atoms with Crippen molar-refractivity contribution in [2.24, 2.45) is 0 Å². The molecule has 8 heavy (non-hydrogen) atoms. The molecule has 0 aromatic heterocycles. The highest BCUT2D eigenvalue weighted by Crippen LogP contribution is 1.97. The average Bonchev–Trinajstić information content (AvgIpc) is 1.83. The standard InChI is InChI=1S/C5H10F2O/c1-2-5(3-6)8-4-7/h5H,2-4H2,1H3. The predicted octanol–water partition coefficient (Wildman–Crippen LogP) is 1.68. The molecule has 0 fully saturated rings. The molecule has 0 saturated carbocycles. The van der Waals surface area contributed by atoms with Gasteiger partial charge in [0.2, 0.25) is 0 Å². The number of hydrogen-bond donors (Lipinski definition) is 0. The third-order valence-corrected chi connectivity index (χ3v) is 0.926. The van der Waals surface area contributed by atoms with Gasteiger partial charge in [0, 0.05) is 0 Å². The Bertz CT molecular complexity index is 45.7. The maximum Gasteiger partial charge on any atom is 0.188 e. The summed E-state index contributed by atoms with van der Waals surface area (Å²) in [6.45, 7) is 0.267. The van der Waals surface area contributed by atoms with Crippen molar-refractivity contribution in [2.45, 2.75) is 19.4 Å². The third-order valence-electron chi connectivity index (χ3n) is 0.926. The molecule has 0 aliphatic rings. The number of ether oxygens (including phenoxy) is 1. The summed E-state index contributed by atoms with van der Waals surface area (Å²) in [6, 6.07) is 0. The van der Waals surface area contributed by atoms with E-state index in [1.165, 1.54) is 0 Å². The van der Waals surface area contributed by atoms with Gasteiger partial charge in [-0.2, -0.15) is 0 Å². The van der Waals surface area contributed by atoms with Gasteiger partial charge >= 0.3 is 0 Å². The van der Waals surface area contributed by atoms with E-state index in [4.69, 9.17) is 0 Å². The van der Waals surface area contributed by atoms with Gasteiger partial charge in [0.05, 0.1) is 6.10 Å². The Kier molecular flexibility index (Phi) is 4.85. The first-order valence-corrected chi connectivity index (χ1v) is 2.58. The van der Waals surface area contributed by atoms with Gasteiger partial charge in [-0.25, -0.2) is 8.78 Å². The molecule has 1 unspecified atom stereocenters. The lowest BCUT2D eigenvalue weighted by molar-refractivity contribution is -0.0173. The van der Waals surface area contributed by atoms with Crippen molar-refractivity contribution >= 4 is 0 Å². The SMILES string of the molecule is CCC(CF)OCF. The number of hydrogen-bond acceptors (Lipinski definition) is 1. The van der Waals surface area contributed by atoms with Gasteiger partial charge in [0.1, 0.15) is 6.67 Å². The summed E-state index contributed by atoms with van der Waals surface area (Å²) >= 11 is 0. The second-order valence-corrected chi connectivity index (χ2v) is 1.46. The quantitative estimate of drug-likeness (QED) is 0.554. The molecular formula is C5H10F2O. The molecule has 0 aromatic rings. The molecular weight excluding hydrogens is 114 g/mol. The Balaban J connectivity index is 3.07. The zero-order valence-corrected chi connectivity index (χ0v) is 4.86. The van der Waals surface area contributed by atoms with Crippen LogP contribution in [-0.4, -0.2) is 19.6 Å². The van der Waals surface area contributed by atoms with Crippen molar-refractivity contribution in [3.05, 3.63) is 0 Å². The van der Waals surface area contributed by atoms with E-state index >= 15 is 0 Å². The molecule has 0 N–H and O–H groups in total. The second-order valence-electron chi connectivity index (χ2n) is 1.46. The largest absolute Gasteiger partial charge is 0.345 e. The lowest BCUT2D eigenvalue weighted by atomic mass is 10.3. The van der Waals surface area contributed by atoms with Crippen LogP contribution in [0.25, 0.3) is 0 Å². The Morgan fingerprint density at radius 2 is 2.12 bits per heavy atom. The number of alkyl halides is 2. The van der Waals surface area contributed by atoms with E-state index < -0.39 is 19.6 Å². The van der Waals surface area contributed by atoms with Crippen LogP contribution in [0.5, 0.6) is 0 Å². The molecule has 0 radical (unpaired) electrons. The smallest absolute Gasteiger partial charge is 0.188 e. The van der Waals surface area contributed by atoms with Crippen LogP contribution in [0.4, 0.5) is 8.78 Å².